The Hall–Kier alpha value is -2.10. The lowest BCUT2D eigenvalue weighted by Gasteiger charge is -2.15. The molecule has 0 amide bonds. The maximum atomic E-state index is 6.30. The van der Waals surface area contributed by atoms with Crippen LogP contribution in [0.4, 0.5) is 5.82 Å². The van der Waals surface area contributed by atoms with Gasteiger partial charge in [0.15, 0.2) is 11.3 Å². The van der Waals surface area contributed by atoms with Gasteiger partial charge in [0.1, 0.15) is 5.04 Å². The first-order valence-corrected chi connectivity index (χ1v) is 10.3. The van der Waals surface area contributed by atoms with Crippen LogP contribution in [0.3, 0.4) is 0 Å². The molecule has 0 saturated carbocycles. The van der Waals surface area contributed by atoms with Crippen molar-refractivity contribution in [2.75, 3.05) is 5.01 Å². The van der Waals surface area contributed by atoms with E-state index in [1.54, 1.807) is 5.01 Å². The Balaban J connectivity index is 1.52. The second-order valence-corrected chi connectivity index (χ2v) is 8.36. The Morgan fingerprint density at radius 1 is 1.19 bits per heavy atom. The molecule has 0 saturated heterocycles. The van der Waals surface area contributed by atoms with Crippen LogP contribution >= 0.6 is 27.7 Å². The summed E-state index contributed by atoms with van der Waals surface area (Å²) in [7, 11) is 0. The molecule has 0 radical (unpaired) electrons. The fourth-order valence-electron chi connectivity index (χ4n) is 2.85. The zero-order valence-corrected chi connectivity index (χ0v) is 17.4. The quantitative estimate of drug-likeness (QED) is 0.649. The van der Waals surface area contributed by atoms with E-state index in [1.165, 1.54) is 17.3 Å². The number of hydrazone groups is 1. The largest absolute Gasteiger partial charge is 0.301 e. The fraction of sp³-hybridized carbons (Fsp3) is 0.278. The molecule has 2 aromatic heterocycles. The van der Waals surface area contributed by atoms with Gasteiger partial charge in [0.25, 0.3) is 0 Å². The summed E-state index contributed by atoms with van der Waals surface area (Å²) >= 11 is 5.11. The highest BCUT2D eigenvalue weighted by Gasteiger charge is 2.30. The van der Waals surface area contributed by atoms with Crippen molar-refractivity contribution in [2.45, 2.75) is 31.9 Å². The summed E-state index contributed by atoms with van der Waals surface area (Å²) in [4.78, 5) is 0. The van der Waals surface area contributed by atoms with Gasteiger partial charge in [-0.15, -0.1) is 0 Å². The van der Waals surface area contributed by atoms with Crippen LogP contribution in [0, 0.1) is 6.92 Å². The molecule has 1 aromatic carbocycles. The molecule has 3 heterocycles. The predicted molar refractivity (Wildman–Crippen MR) is 113 cm³/mol. The van der Waals surface area contributed by atoms with E-state index in [-0.39, 0.29) is 11.5 Å². The first kappa shape index (κ1) is 18.3. The lowest BCUT2D eigenvalue weighted by molar-refractivity contribution is 0.607. The standard InChI is InChI=1S/C18H20BrN7S/c1-12-7-10-25(21-12)13(2)17-23-26(18(20)27-17)16-8-9-24(22-16)11-14-5-3-4-6-15(14)19/h3-10,13,18H,11,20H2,1-2H3. The summed E-state index contributed by atoms with van der Waals surface area (Å²) in [6, 6.07) is 12.1. The molecule has 1 aliphatic heterocycles. The molecule has 2 unspecified atom stereocenters. The molecule has 0 bridgehead atoms. The van der Waals surface area contributed by atoms with Crippen LogP contribution in [0.2, 0.25) is 0 Å². The summed E-state index contributed by atoms with van der Waals surface area (Å²) in [5, 5.41) is 16.5. The average molecular weight is 446 g/mol. The van der Waals surface area contributed by atoms with E-state index in [1.807, 2.05) is 59.0 Å². The van der Waals surface area contributed by atoms with Gasteiger partial charge in [-0.3, -0.25) is 9.36 Å². The van der Waals surface area contributed by atoms with Gasteiger partial charge >= 0.3 is 0 Å². The number of halogens is 1. The number of benzene rings is 1. The molecule has 3 aromatic rings. The predicted octanol–water partition coefficient (Wildman–Crippen LogP) is 3.57. The Bertz CT molecular complexity index is 980. The third-order valence-electron chi connectivity index (χ3n) is 4.34. The zero-order valence-electron chi connectivity index (χ0n) is 15.0. The normalized spacial score (nSPS) is 18.0. The van der Waals surface area contributed by atoms with Crippen LogP contribution < -0.4 is 10.7 Å². The third-order valence-corrected chi connectivity index (χ3v) is 6.22. The molecule has 2 atom stereocenters. The van der Waals surface area contributed by atoms with E-state index in [0.29, 0.717) is 6.54 Å². The van der Waals surface area contributed by atoms with Crippen molar-refractivity contribution in [1.29, 1.82) is 0 Å². The van der Waals surface area contributed by atoms with Crippen molar-refractivity contribution in [3.63, 3.8) is 0 Å². The van der Waals surface area contributed by atoms with Crippen molar-refractivity contribution >= 4 is 38.6 Å². The van der Waals surface area contributed by atoms with Crippen LogP contribution in [-0.2, 0) is 6.54 Å². The number of thioether (sulfide) groups is 1. The van der Waals surface area contributed by atoms with Crippen LogP contribution in [0.1, 0.15) is 24.2 Å². The summed E-state index contributed by atoms with van der Waals surface area (Å²) < 4.78 is 4.86. The number of aromatic nitrogens is 4. The van der Waals surface area contributed by atoms with Crippen LogP contribution in [0.15, 0.2) is 58.4 Å². The summed E-state index contributed by atoms with van der Waals surface area (Å²) in [5.41, 5.74) is 8.15. The van der Waals surface area contributed by atoms with E-state index in [4.69, 9.17) is 10.8 Å². The van der Waals surface area contributed by atoms with E-state index >= 15 is 0 Å². The highest BCUT2D eigenvalue weighted by Crippen LogP contribution is 2.32. The van der Waals surface area contributed by atoms with Crippen LogP contribution in [-0.4, -0.2) is 30.1 Å². The van der Waals surface area contributed by atoms with E-state index in [2.05, 4.69) is 39.1 Å². The Labute approximate surface area is 170 Å². The van der Waals surface area contributed by atoms with Crippen molar-refractivity contribution in [3.8, 4) is 0 Å². The highest BCUT2D eigenvalue weighted by atomic mass is 79.9. The molecule has 0 aliphatic carbocycles. The maximum absolute atomic E-state index is 6.30. The molecular weight excluding hydrogens is 426 g/mol. The average Bonchev–Trinajstić information content (AvgIpc) is 3.36. The summed E-state index contributed by atoms with van der Waals surface area (Å²) in [6.07, 6.45) is 3.91. The minimum atomic E-state index is -0.300. The second kappa shape index (κ2) is 7.49. The van der Waals surface area contributed by atoms with Crippen molar-refractivity contribution < 1.29 is 0 Å². The molecule has 27 heavy (non-hydrogen) atoms. The molecule has 1 aliphatic rings. The zero-order chi connectivity index (χ0) is 19.0. The number of nitrogens with two attached hydrogens (primary N) is 1. The number of anilines is 1. The van der Waals surface area contributed by atoms with E-state index < -0.39 is 0 Å². The maximum Gasteiger partial charge on any atom is 0.173 e. The number of hydrogen-bond donors (Lipinski definition) is 1. The smallest absolute Gasteiger partial charge is 0.173 e. The molecule has 4 rings (SSSR count). The van der Waals surface area contributed by atoms with E-state index in [0.717, 1.165) is 21.0 Å². The van der Waals surface area contributed by atoms with Crippen LogP contribution in [0.25, 0.3) is 0 Å². The van der Waals surface area contributed by atoms with Gasteiger partial charge in [-0.25, -0.2) is 5.01 Å². The number of rotatable bonds is 5. The first-order chi connectivity index (χ1) is 13.0. The second-order valence-electron chi connectivity index (χ2n) is 6.37. The van der Waals surface area contributed by atoms with Gasteiger partial charge in [-0.05, 0) is 31.5 Å². The minimum absolute atomic E-state index is 0.0297. The minimum Gasteiger partial charge on any atom is -0.301 e. The van der Waals surface area contributed by atoms with Gasteiger partial charge in [-0.2, -0.15) is 15.3 Å². The van der Waals surface area contributed by atoms with Gasteiger partial charge in [0.05, 0.1) is 18.3 Å². The van der Waals surface area contributed by atoms with Crippen molar-refractivity contribution in [3.05, 3.63) is 64.5 Å². The fourth-order valence-corrected chi connectivity index (χ4v) is 4.20. The molecular formula is C18H20BrN7S. The summed E-state index contributed by atoms with van der Waals surface area (Å²) in [5.74, 6) is 0.737. The van der Waals surface area contributed by atoms with Gasteiger partial charge in [0.2, 0.25) is 0 Å². The lowest BCUT2D eigenvalue weighted by Crippen LogP contribution is -2.32. The van der Waals surface area contributed by atoms with Gasteiger partial charge < -0.3 is 5.73 Å². The Morgan fingerprint density at radius 2 is 2.00 bits per heavy atom. The third kappa shape index (κ3) is 3.80. The van der Waals surface area contributed by atoms with Crippen molar-refractivity contribution in [2.24, 2.45) is 10.8 Å². The highest BCUT2D eigenvalue weighted by molar-refractivity contribution is 9.10. The Kier molecular flexibility index (Phi) is 5.07. The summed E-state index contributed by atoms with van der Waals surface area (Å²) in [6.45, 7) is 4.72. The molecule has 0 spiro atoms. The van der Waals surface area contributed by atoms with Crippen molar-refractivity contribution in [1.82, 2.24) is 19.6 Å². The molecule has 7 nitrogen and oxygen atoms in total. The topological polar surface area (TPSA) is 77.3 Å². The lowest BCUT2D eigenvalue weighted by atomic mass is 10.2. The Morgan fingerprint density at radius 3 is 2.74 bits per heavy atom. The molecule has 0 fully saturated rings. The molecule has 140 valence electrons. The molecule has 2 N–H and O–H groups in total. The number of nitrogens with zero attached hydrogens (tertiary/aromatic N) is 6. The SMILES string of the molecule is Cc1ccn(C(C)C2=NN(c3ccn(Cc4ccccc4Br)n3)C(N)S2)n1. The van der Waals surface area contributed by atoms with Gasteiger partial charge in [0, 0.05) is 22.9 Å². The number of hydrogen-bond acceptors (Lipinski definition) is 6. The first-order valence-electron chi connectivity index (χ1n) is 8.60. The van der Waals surface area contributed by atoms with E-state index in [9.17, 15) is 0 Å². The van der Waals surface area contributed by atoms with Gasteiger partial charge in [-0.1, -0.05) is 45.9 Å². The monoisotopic (exact) mass is 445 g/mol. The van der Waals surface area contributed by atoms with Crippen LogP contribution in [0.5, 0.6) is 0 Å². The number of aryl methyl sites for hydroxylation is 1. The molecule has 9 heteroatoms.